The Balaban J connectivity index is 0.000000245. The zero-order valence-electron chi connectivity index (χ0n) is 26.3. The van der Waals surface area contributed by atoms with Crippen LogP contribution in [0.4, 0.5) is 39.5 Å². The third-order valence-electron chi connectivity index (χ3n) is 9.20. The van der Waals surface area contributed by atoms with E-state index in [1.807, 2.05) is 0 Å². The lowest BCUT2D eigenvalue weighted by molar-refractivity contribution is -0.393. The number of hydrogen-bond acceptors (Lipinski definition) is 0. The molecule has 0 saturated carbocycles. The van der Waals surface area contributed by atoms with Gasteiger partial charge in [0.2, 0.25) is 0 Å². The number of fused-ring (bicyclic) bond motifs is 3. The third kappa shape index (κ3) is 6.68. The summed E-state index contributed by atoms with van der Waals surface area (Å²) in [5.74, 6) is -10.4. The van der Waals surface area contributed by atoms with Crippen molar-refractivity contribution in [2.45, 2.75) is 84.1 Å². The Kier molecular flexibility index (Phi) is 10.1. The van der Waals surface area contributed by atoms with Crippen molar-refractivity contribution in [3.8, 4) is 5.69 Å². The molecule has 48 heavy (non-hydrogen) atoms. The smallest absolute Gasteiger partial charge is 0.309 e. The molecule has 4 aromatic rings. The van der Waals surface area contributed by atoms with Gasteiger partial charge in [-0.15, -0.1) is 0 Å². The quantitative estimate of drug-likeness (QED) is 0.137. The molecule has 1 aromatic heterocycles. The monoisotopic (exact) mass is 738 g/mol. The van der Waals surface area contributed by atoms with Gasteiger partial charge in [0.05, 0.1) is 11.0 Å². The molecule has 3 saturated heterocycles. The van der Waals surface area contributed by atoms with Gasteiger partial charge in [-0.25, -0.2) is 0 Å². The first-order chi connectivity index (χ1) is 22.6. The molecule has 13 heteroatoms. The number of halogens is 9. The molecular formula is C35H37F9NS3+3. The molecule has 3 aliphatic rings. The van der Waals surface area contributed by atoms with Gasteiger partial charge in [-0.2, -0.15) is 39.5 Å². The van der Waals surface area contributed by atoms with E-state index in [4.69, 9.17) is 0 Å². The zero-order valence-corrected chi connectivity index (χ0v) is 28.8. The lowest BCUT2D eigenvalue weighted by Gasteiger charge is -2.31. The molecule has 0 atom stereocenters. The second-order valence-electron chi connectivity index (χ2n) is 12.5. The fourth-order valence-electron chi connectivity index (χ4n) is 6.53. The van der Waals surface area contributed by atoms with Crippen molar-refractivity contribution < 1.29 is 39.5 Å². The van der Waals surface area contributed by atoms with E-state index in [9.17, 15) is 39.5 Å². The van der Waals surface area contributed by atoms with E-state index >= 15 is 0 Å². The summed E-state index contributed by atoms with van der Waals surface area (Å²) >= 11 is 0. The van der Waals surface area contributed by atoms with Crippen LogP contribution in [0.1, 0.15) is 45.4 Å². The van der Waals surface area contributed by atoms with Gasteiger partial charge in [0, 0.05) is 68.2 Å². The average Bonchev–Trinajstić information content (AvgIpc) is 3.87. The Morgan fingerprint density at radius 1 is 0.479 bits per heavy atom. The van der Waals surface area contributed by atoms with Gasteiger partial charge >= 0.3 is 23.9 Å². The normalized spacial score (nSPS) is 19.0. The molecule has 4 heterocycles. The molecule has 3 aromatic carbocycles. The molecule has 0 unspecified atom stereocenters. The van der Waals surface area contributed by atoms with E-state index in [0.717, 1.165) is 0 Å². The van der Waals surface area contributed by atoms with Gasteiger partial charge < -0.3 is 4.57 Å². The van der Waals surface area contributed by atoms with Crippen LogP contribution in [0.5, 0.6) is 0 Å². The molecule has 0 radical (unpaired) electrons. The maximum absolute atomic E-state index is 12.0. The number of alkyl halides is 9. The maximum atomic E-state index is 12.0. The molecule has 0 bridgehead atoms. The molecule has 3 aliphatic heterocycles. The van der Waals surface area contributed by atoms with Crippen molar-refractivity contribution in [3.05, 3.63) is 60.7 Å². The summed E-state index contributed by atoms with van der Waals surface area (Å²) in [5, 5.41) is 2.94. The fraction of sp³-hybridized carbons (Fsp3) is 0.486. The van der Waals surface area contributed by atoms with Crippen molar-refractivity contribution >= 4 is 54.5 Å². The summed E-state index contributed by atoms with van der Waals surface area (Å²) in [6, 6.07) is 24.5. The molecule has 0 amide bonds. The van der Waals surface area contributed by atoms with Gasteiger partial charge in [-0.1, -0.05) is 0 Å². The molecule has 3 fully saturated rings. The minimum Gasteiger partial charge on any atom is -0.309 e. The largest absolute Gasteiger partial charge is 0.460 e. The predicted octanol–water partition coefficient (Wildman–Crippen LogP) is 10.6. The lowest BCUT2D eigenvalue weighted by Crippen LogP contribution is -2.59. The van der Waals surface area contributed by atoms with Gasteiger partial charge in [0.25, 0.3) is 0 Å². The van der Waals surface area contributed by atoms with Gasteiger partial charge in [-0.3, -0.25) is 0 Å². The zero-order chi connectivity index (χ0) is 34.5. The first-order valence-corrected chi connectivity index (χ1v) is 20.7. The first-order valence-electron chi connectivity index (χ1n) is 16.0. The van der Waals surface area contributed by atoms with Crippen molar-refractivity contribution in [2.24, 2.45) is 0 Å². The number of benzene rings is 3. The molecule has 7 rings (SSSR count). The highest BCUT2D eigenvalue weighted by molar-refractivity contribution is 7.97. The summed E-state index contributed by atoms with van der Waals surface area (Å²) in [6.07, 6.45) is 1.72. The molecule has 260 valence electrons. The Morgan fingerprint density at radius 2 is 0.833 bits per heavy atom. The highest BCUT2D eigenvalue weighted by atomic mass is 32.2. The molecule has 0 spiro atoms. The van der Waals surface area contributed by atoms with E-state index < -0.39 is 30.9 Å². The summed E-state index contributed by atoms with van der Waals surface area (Å²) in [4.78, 5) is 4.75. The van der Waals surface area contributed by atoms with Crippen LogP contribution in [0.25, 0.3) is 27.5 Å². The Bertz CT molecular complexity index is 1630. The topological polar surface area (TPSA) is 4.93 Å². The van der Waals surface area contributed by atoms with Gasteiger partial charge in [-0.05, 0) is 87.1 Å². The van der Waals surface area contributed by atoms with Crippen molar-refractivity contribution in [1.82, 2.24) is 4.57 Å². The number of hydrogen-bond donors (Lipinski definition) is 0. The standard InChI is InChI=1S/C30H34NS3.C5H3F9/c1-2-16-32(15-1)24-9-7-23(8-10-24)31-29-13-11-25(33-17-3-4-18-33)21-27(29)28-22-26(12-14-30(28)31)34-19-5-6-20-34;1-2(6,7)3(8,9)4(10,11)5(12,13)14/h7-14,21-22H,1-6,15-20H2;1H3/q+3;. The first kappa shape index (κ1) is 35.7. The van der Waals surface area contributed by atoms with Crippen LogP contribution >= 0.6 is 0 Å². The molecule has 0 N–H and O–H groups in total. The van der Waals surface area contributed by atoms with Crippen LogP contribution < -0.4 is 0 Å². The summed E-state index contributed by atoms with van der Waals surface area (Å²) in [5.41, 5.74) is 4.08. The highest BCUT2D eigenvalue weighted by Crippen LogP contribution is 2.52. The predicted molar refractivity (Wildman–Crippen MR) is 181 cm³/mol. The van der Waals surface area contributed by atoms with E-state index in [2.05, 4.69) is 65.2 Å². The van der Waals surface area contributed by atoms with Crippen molar-refractivity contribution in [2.75, 3.05) is 34.5 Å². The number of rotatable bonds is 6. The van der Waals surface area contributed by atoms with Crippen LogP contribution in [0.3, 0.4) is 0 Å². The molecular weight excluding hydrogens is 702 g/mol. The van der Waals surface area contributed by atoms with Gasteiger partial charge in [0.15, 0.2) is 14.7 Å². The van der Waals surface area contributed by atoms with Crippen molar-refractivity contribution in [3.63, 3.8) is 0 Å². The SMILES string of the molecule is CC(F)(F)C(F)(F)C(F)(F)C(F)(F)F.c1cc([S+]2CCCC2)ccc1-n1c2ccc([S+]3CCCC3)cc2c2cc([S+]3CCCC3)ccc21. The summed E-state index contributed by atoms with van der Waals surface area (Å²) < 4.78 is 108. The second kappa shape index (κ2) is 13.5. The third-order valence-corrected chi connectivity index (χ3v) is 16.7. The summed E-state index contributed by atoms with van der Waals surface area (Å²) in [7, 11) is 1.40. The number of aromatic nitrogens is 1. The van der Waals surface area contributed by atoms with Crippen LogP contribution in [0.15, 0.2) is 75.4 Å². The van der Waals surface area contributed by atoms with Crippen LogP contribution in [0, 0.1) is 0 Å². The van der Waals surface area contributed by atoms with Crippen LogP contribution in [0.2, 0.25) is 0 Å². The van der Waals surface area contributed by atoms with E-state index in [1.54, 1.807) is 14.7 Å². The Morgan fingerprint density at radius 3 is 1.17 bits per heavy atom. The minimum absolute atomic E-state index is 0.456. The molecule has 1 nitrogen and oxygen atoms in total. The summed E-state index contributed by atoms with van der Waals surface area (Å²) in [6.45, 7) is -0.716. The molecule has 0 aliphatic carbocycles. The maximum Gasteiger partial charge on any atom is 0.460 e. The average molecular weight is 739 g/mol. The van der Waals surface area contributed by atoms with E-state index in [0.29, 0.717) is 32.7 Å². The van der Waals surface area contributed by atoms with Gasteiger partial charge in [0.1, 0.15) is 34.5 Å². The Hall–Kier alpha value is -2.12. The van der Waals surface area contributed by atoms with Crippen molar-refractivity contribution in [1.29, 1.82) is 0 Å². The second-order valence-corrected chi connectivity index (χ2v) is 19.4. The van der Waals surface area contributed by atoms with E-state index in [1.165, 1.54) is 101 Å². The number of nitrogens with zero attached hydrogens (tertiary/aromatic N) is 1. The lowest BCUT2D eigenvalue weighted by atomic mass is 10.1. The van der Waals surface area contributed by atoms with E-state index in [-0.39, 0.29) is 0 Å². The highest BCUT2D eigenvalue weighted by Gasteiger charge is 2.80. The van der Waals surface area contributed by atoms with Crippen LogP contribution in [-0.4, -0.2) is 63.0 Å². The van der Waals surface area contributed by atoms with Crippen LogP contribution in [-0.2, 0) is 32.7 Å². The minimum atomic E-state index is -6.77. The Labute approximate surface area is 282 Å². The fourth-order valence-corrected chi connectivity index (χ4v) is 13.5.